The van der Waals surface area contributed by atoms with Gasteiger partial charge in [0.15, 0.2) is 0 Å². The molecule has 3 N–H and O–H groups in total. The molecule has 11 nitrogen and oxygen atoms in total. The van der Waals surface area contributed by atoms with Crippen molar-refractivity contribution in [2.75, 3.05) is 26.3 Å². The largest absolute Gasteiger partial charge is 0.491 e. The quantitative estimate of drug-likeness (QED) is 0.680. The molecule has 2 rings (SSSR count). The molecule has 140 valence electrons. The predicted octanol–water partition coefficient (Wildman–Crippen LogP) is -0.212. The van der Waals surface area contributed by atoms with Crippen LogP contribution in [-0.4, -0.2) is 63.8 Å². The van der Waals surface area contributed by atoms with Crippen molar-refractivity contribution in [1.29, 1.82) is 0 Å². The Labute approximate surface area is 143 Å². The fourth-order valence-corrected chi connectivity index (χ4v) is 2.02. The summed E-state index contributed by atoms with van der Waals surface area (Å²) in [5, 5.41) is 12.4. The van der Waals surface area contributed by atoms with Crippen molar-refractivity contribution < 1.29 is 29.0 Å². The van der Waals surface area contributed by atoms with Crippen LogP contribution in [0, 0.1) is 0 Å². The van der Waals surface area contributed by atoms with Gasteiger partial charge in [-0.25, -0.2) is 14.4 Å². The van der Waals surface area contributed by atoms with Gasteiger partial charge in [-0.1, -0.05) is 4.73 Å². The number of morpholine rings is 1. The highest BCUT2D eigenvalue weighted by atomic mass is 16.7. The molecule has 1 aromatic rings. The minimum absolute atomic E-state index is 0.0226. The number of rotatable bonds is 3. The molecule has 11 heteroatoms. The van der Waals surface area contributed by atoms with Gasteiger partial charge in [0.2, 0.25) is 0 Å². The molecule has 0 aromatic carbocycles. The Morgan fingerprint density at radius 2 is 1.96 bits per heavy atom. The number of amides is 2. The van der Waals surface area contributed by atoms with Crippen LogP contribution in [0.3, 0.4) is 0 Å². The molecule has 0 unspecified atom stereocenters. The number of aromatic hydroxyl groups is 1. The van der Waals surface area contributed by atoms with Crippen LogP contribution in [-0.2, 0) is 16.0 Å². The monoisotopic (exact) mass is 358 g/mol. The summed E-state index contributed by atoms with van der Waals surface area (Å²) in [6.45, 7) is 6.28. The Bertz CT molecular complexity index is 682. The van der Waals surface area contributed by atoms with Crippen molar-refractivity contribution in [3.63, 3.8) is 0 Å². The van der Waals surface area contributed by atoms with Gasteiger partial charge in [0.1, 0.15) is 11.3 Å². The molecule has 2 heterocycles. The number of nitrogens with one attached hydrogen (secondary N) is 2. The summed E-state index contributed by atoms with van der Waals surface area (Å²) < 4.78 is 10.6. The van der Waals surface area contributed by atoms with Gasteiger partial charge in [0.05, 0.1) is 19.8 Å². The van der Waals surface area contributed by atoms with Crippen molar-refractivity contribution in [2.24, 2.45) is 0 Å². The lowest BCUT2D eigenvalue weighted by molar-refractivity contribution is 0.0206. The van der Waals surface area contributed by atoms with Gasteiger partial charge >= 0.3 is 17.9 Å². The number of hydrogen-bond acceptors (Lipinski definition) is 7. The molecule has 0 aliphatic carbocycles. The molecule has 1 aliphatic heterocycles. The highest BCUT2D eigenvalue weighted by molar-refractivity contribution is 5.68. The van der Waals surface area contributed by atoms with Crippen molar-refractivity contribution in [3.8, 4) is 5.88 Å². The van der Waals surface area contributed by atoms with E-state index in [4.69, 9.17) is 14.3 Å². The van der Waals surface area contributed by atoms with E-state index >= 15 is 0 Å². The van der Waals surface area contributed by atoms with Crippen LogP contribution < -0.4 is 15.8 Å². The van der Waals surface area contributed by atoms with E-state index < -0.39 is 29.4 Å². The molecule has 1 aliphatic rings. The Morgan fingerprint density at radius 1 is 1.32 bits per heavy atom. The smallest absolute Gasteiger partial charge is 0.435 e. The lowest BCUT2D eigenvalue weighted by Gasteiger charge is -2.25. The number of alkyl carbamates (subject to hydrolysis) is 1. The Balaban J connectivity index is 1.99. The average molecular weight is 358 g/mol. The molecular formula is C14H22N4O7. The van der Waals surface area contributed by atoms with Gasteiger partial charge in [-0.05, 0) is 20.8 Å². The molecule has 0 bridgehead atoms. The Hall–Kier alpha value is -2.69. The first-order chi connectivity index (χ1) is 11.7. The third-order valence-corrected chi connectivity index (χ3v) is 3.15. The first kappa shape index (κ1) is 18.6. The van der Waals surface area contributed by atoms with Gasteiger partial charge in [-0.15, -0.1) is 0 Å². The number of nitrogens with zero attached hydrogens (tertiary/aromatic N) is 2. The minimum Gasteiger partial charge on any atom is -0.491 e. The summed E-state index contributed by atoms with van der Waals surface area (Å²) in [6.07, 6.45) is -1.50. The van der Waals surface area contributed by atoms with E-state index in [9.17, 15) is 19.5 Å². The standard InChI is InChI=1S/C14H22N4O7/c1-14(2,3)24-12(21)15-8-9-10(19)18(11(20)16-9)25-13(22)17-4-6-23-7-5-17/h19H,4-8H2,1-3H3,(H,15,21)(H,16,20). The van der Waals surface area contributed by atoms with E-state index in [0.717, 1.165) is 0 Å². The molecule has 0 atom stereocenters. The molecular weight excluding hydrogens is 336 g/mol. The summed E-state index contributed by atoms with van der Waals surface area (Å²) >= 11 is 0. The summed E-state index contributed by atoms with van der Waals surface area (Å²) in [6, 6.07) is 0. The number of aromatic amines is 1. The van der Waals surface area contributed by atoms with Crippen LogP contribution in [0.4, 0.5) is 9.59 Å². The van der Waals surface area contributed by atoms with Crippen molar-refractivity contribution >= 4 is 12.2 Å². The second-order valence-electron chi connectivity index (χ2n) is 6.34. The van der Waals surface area contributed by atoms with Crippen LogP contribution in [0.2, 0.25) is 0 Å². The highest BCUT2D eigenvalue weighted by Gasteiger charge is 2.23. The number of hydrogen-bond donors (Lipinski definition) is 3. The van der Waals surface area contributed by atoms with Gasteiger partial charge in [-0.2, -0.15) is 0 Å². The number of H-pyrrole nitrogens is 1. The molecule has 0 radical (unpaired) electrons. The first-order valence-electron chi connectivity index (χ1n) is 7.72. The van der Waals surface area contributed by atoms with Gasteiger partial charge < -0.3 is 34.6 Å². The van der Waals surface area contributed by atoms with E-state index in [0.29, 0.717) is 31.0 Å². The number of ether oxygens (including phenoxy) is 2. The maximum Gasteiger partial charge on any atom is 0.435 e. The van der Waals surface area contributed by atoms with Gasteiger partial charge in [-0.3, -0.25) is 0 Å². The van der Waals surface area contributed by atoms with Crippen molar-refractivity contribution in [1.82, 2.24) is 19.9 Å². The van der Waals surface area contributed by atoms with Crippen LogP contribution in [0.25, 0.3) is 0 Å². The van der Waals surface area contributed by atoms with E-state index in [1.807, 2.05) is 0 Å². The fourth-order valence-electron chi connectivity index (χ4n) is 2.02. The van der Waals surface area contributed by atoms with E-state index in [-0.39, 0.29) is 12.2 Å². The normalized spacial score (nSPS) is 14.9. The van der Waals surface area contributed by atoms with Crippen LogP contribution in [0.5, 0.6) is 5.88 Å². The molecule has 2 amide bonds. The number of carbonyl (C=O) groups is 2. The van der Waals surface area contributed by atoms with E-state index in [1.54, 1.807) is 20.8 Å². The maximum absolute atomic E-state index is 12.0. The van der Waals surface area contributed by atoms with Gasteiger partial charge in [0, 0.05) is 13.1 Å². The zero-order valence-corrected chi connectivity index (χ0v) is 14.3. The summed E-state index contributed by atoms with van der Waals surface area (Å²) in [7, 11) is 0. The summed E-state index contributed by atoms with van der Waals surface area (Å²) in [4.78, 5) is 44.0. The average Bonchev–Trinajstić information content (AvgIpc) is 2.79. The molecule has 0 spiro atoms. The van der Waals surface area contributed by atoms with E-state index in [1.165, 1.54) is 4.90 Å². The lowest BCUT2D eigenvalue weighted by atomic mass is 10.2. The molecule has 1 fully saturated rings. The fraction of sp³-hybridized carbons (Fsp3) is 0.643. The Morgan fingerprint density at radius 3 is 2.56 bits per heavy atom. The van der Waals surface area contributed by atoms with Crippen LogP contribution in [0.15, 0.2) is 4.79 Å². The summed E-state index contributed by atoms with van der Waals surface area (Å²) in [5.41, 5.74) is -1.55. The van der Waals surface area contributed by atoms with Crippen molar-refractivity contribution in [3.05, 3.63) is 16.2 Å². The number of aromatic nitrogens is 2. The predicted molar refractivity (Wildman–Crippen MR) is 84.2 cm³/mol. The summed E-state index contributed by atoms with van der Waals surface area (Å²) in [5.74, 6) is -0.609. The lowest BCUT2D eigenvalue weighted by Crippen LogP contribution is -2.45. The minimum atomic E-state index is -0.847. The maximum atomic E-state index is 12.0. The number of imidazole rings is 1. The Kier molecular flexibility index (Phi) is 5.57. The second kappa shape index (κ2) is 7.47. The third-order valence-electron chi connectivity index (χ3n) is 3.15. The molecule has 0 saturated carbocycles. The molecule has 25 heavy (non-hydrogen) atoms. The SMILES string of the molecule is CC(C)(C)OC(=O)NCc1[nH]c(=O)n(OC(=O)N2CCOCC2)c1O. The zero-order valence-electron chi connectivity index (χ0n) is 14.3. The van der Waals surface area contributed by atoms with Gasteiger partial charge in [0.25, 0.3) is 5.88 Å². The van der Waals surface area contributed by atoms with E-state index in [2.05, 4.69) is 10.3 Å². The molecule has 1 saturated heterocycles. The van der Waals surface area contributed by atoms with Crippen LogP contribution in [0.1, 0.15) is 26.5 Å². The van der Waals surface area contributed by atoms with Crippen LogP contribution >= 0.6 is 0 Å². The van der Waals surface area contributed by atoms with Crippen molar-refractivity contribution in [2.45, 2.75) is 32.9 Å². The second-order valence-corrected chi connectivity index (χ2v) is 6.34. The zero-order chi connectivity index (χ0) is 18.6. The topological polar surface area (TPSA) is 135 Å². The number of carbonyl (C=O) groups excluding carboxylic acids is 2. The highest BCUT2D eigenvalue weighted by Crippen LogP contribution is 2.12. The molecule has 1 aromatic heterocycles. The first-order valence-corrected chi connectivity index (χ1v) is 7.72. The third kappa shape index (κ3) is 5.14.